The van der Waals surface area contributed by atoms with Crippen molar-refractivity contribution in [2.45, 2.75) is 18.6 Å². The molecule has 1 saturated heterocycles. The Kier molecular flexibility index (Phi) is 4.98. The molecule has 0 aromatic heterocycles. The summed E-state index contributed by atoms with van der Waals surface area (Å²) < 4.78 is 5.15. The highest BCUT2D eigenvalue weighted by molar-refractivity contribution is 6.30. The molecule has 0 aliphatic carbocycles. The number of nitrogens with zero attached hydrogens (tertiary/aromatic N) is 1. The number of ether oxygens (including phenoxy) is 1. The topological polar surface area (TPSA) is 66.8 Å². The number of likely N-dealkylation sites (tertiary alicyclic amines) is 1. The summed E-state index contributed by atoms with van der Waals surface area (Å²) in [6, 6.07) is 6.17. The normalized spacial score (nSPS) is 21.9. The first-order valence-electron chi connectivity index (χ1n) is 6.51. The molecule has 1 aliphatic rings. The standard InChI is InChI=1S/C15H16ClNO4/c1-21-12-8-13(15(19)20)17(9-12)14(18)7-4-10-2-5-11(16)6-3-10/h2-7,12-13H,8-9H2,1H3,(H,19,20)/b7-4+. The Morgan fingerprint density at radius 1 is 1.38 bits per heavy atom. The second-order valence-corrected chi connectivity index (χ2v) is 5.26. The fraction of sp³-hybridized carbons (Fsp3) is 0.333. The molecule has 1 amide bonds. The maximum Gasteiger partial charge on any atom is 0.326 e. The third-order valence-corrected chi connectivity index (χ3v) is 3.70. The Bertz CT molecular complexity index is 555. The number of hydrogen-bond donors (Lipinski definition) is 1. The van der Waals surface area contributed by atoms with Crippen molar-refractivity contribution >= 4 is 29.6 Å². The number of benzene rings is 1. The zero-order valence-electron chi connectivity index (χ0n) is 11.5. The molecular formula is C15H16ClNO4. The third kappa shape index (κ3) is 3.83. The van der Waals surface area contributed by atoms with Crippen molar-refractivity contribution in [3.05, 3.63) is 40.9 Å². The first-order chi connectivity index (χ1) is 10.0. The summed E-state index contributed by atoms with van der Waals surface area (Å²) in [6.45, 7) is 0.289. The Morgan fingerprint density at radius 2 is 2.05 bits per heavy atom. The van der Waals surface area contributed by atoms with E-state index in [9.17, 15) is 14.7 Å². The maximum atomic E-state index is 12.2. The van der Waals surface area contributed by atoms with E-state index >= 15 is 0 Å². The van der Waals surface area contributed by atoms with E-state index in [1.54, 1.807) is 30.3 Å². The number of hydrogen-bond acceptors (Lipinski definition) is 3. The monoisotopic (exact) mass is 309 g/mol. The molecule has 1 heterocycles. The van der Waals surface area contributed by atoms with Gasteiger partial charge in [-0.2, -0.15) is 0 Å². The van der Waals surface area contributed by atoms with Crippen LogP contribution in [0.2, 0.25) is 5.02 Å². The van der Waals surface area contributed by atoms with Crippen LogP contribution in [0.15, 0.2) is 30.3 Å². The van der Waals surface area contributed by atoms with E-state index in [0.717, 1.165) is 5.56 Å². The molecule has 1 fully saturated rings. The summed E-state index contributed by atoms with van der Waals surface area (Å²) in [6.07, 6.45) is 3.08. The van der Waals surface area contributed by atoms with Gasteiger partial charge in [-0.25, -0.2) is 4.79 Å². The number of carbonyl (C=O) groups excluding carboxylic acids is 1. The van der Waals surface area contributed by atoms with Crippen LogP contribution in [0.3, 0.4) is 0 Å². The summed E-state index contributed by atoms with van der Waals surface area (Å²) in [5.74, 6) is -1.35. The number of carbonyl (C=O) groups is 2. The molecule has 2 unspecified atom stereocenters. The molecule has 1 aromatic carbocycles. The number of halogens is 1. The summed E-state index contributed by atoms with van der Waals surface area (Å²) in [5.41, 5.74) is 0.821. The lowest BCUT2D eigenvalue weighted by Gasteiger charge is -2.19. The summed E-state index contributed by atoms with van der Waals surface area (Å²) in [4.78, 5) is 24.7. The van der Waals surface area contributed by atoms with Crippen molar-refractivity contribution < 1.29 is 19.4 Å². The Hall–Kier alpha value is -1.85. The number of methoxy groups -OCH3 is 1. The number of carboxylic acids is 1. The highest BCUT2D eigenvalue weighted by Gasteiger charge is 2.38. The largest absolute Gasteiger partial charge is 0.480 e. The van der Waals surface area contributed by atoms with Crippen LogP contribution < -0.4 is 0 Å². The van der Waals surface area contributed by atoms with Crippen LogP contribution in [0.4, 0.5) is 0 Å². The Morgan fingerprint density at radius 3 is 2.62 bits per heavy atom. The average molecular weight is 310 g/mol. The van der Waals surface area contributed by atoms with Crippen LogP contribution in [0.5, 0.6) is 0 Å². The zero-order valence-corrected chi connectivity index (χ0v) is 12.3. The fourth-order valence-electron chi connectivity index (χ4n) is 2.28. The van der Waals surface area contributed by atoms with Crippen LogP contribution in [0, 0.1) is 0 Å². The fourth-order valence-corrected chi connectivity index (χ4v) is 2.41. The van der Waals surface area contributed by atoms with Gasteiger partial charge in [0, 0.05) is 31.2 Å². The molecule has 1 N–H and O–H groups in total. The lowest BCUT2D eigenvalue weighted by atomic mass is 10.2. The predicted octanol–water partition coefficient (Wildman–Crippen LogP) is 2.05. The van der Waals surface area contributed by atoms with Crippen LogP contribution >= 0.6 is 11.6 Å². The van der Waals surface area contributed by atoms with Gasteiger partial charge in [0.2, 0.25) is 5.91 Å². The highest BCUT2D eigenvalue weighted by Crippen LogP contribution is 2.21. The lowest BCUT2D eigenvalue weighted by Crippen LogP contribution is -2.39. The van der Waals surface area contributed by atoms with Gasteiger partial charge in [0.05, 0.1) is 6.10 Å². The molecule has 0 radical (unpaired) electrons. The second-order valence-electron chi connectivity index (χ2n) is 4.82. The van der Waals surface area contributed by atoms with Crippen molar-refractivity contribution in [3.63, 3.8) is 0 Å². The molecule has 21 heavy (non-hydrogen) atoms. The third-order valence-electron chi connectivity index (χ3n) is 3.45. The van der Waals surface area contributed by atoms with Gasteiger partial charge in [-0.3, -0.25) is 4.79 Å². The van der Waals surface area contributed by atoms with Gasteiger partial charge in [0.25, 0.3) is 0 Å². The van der Waals surface area contributed by atoms with Crippen molar-refractivity contribution in [1.29, 1.82) is 0 Å². The molecule has 0 spiro atoms. The first-order valence-corrected chi connectivity index (χ1v) is 6.89. The minimum Gasteiger partial charge on any atom is -0.480 e. The van der Waals surface area contributed by atoms with Gasteiger partial charge in [0.15, 0.2) is 0 Å². The van der Waals surface area contributed by atoms with Crippen LogP contribution in [0.25, 0.3) is 6.08 Å². The van der Waals surface area contributed by atoms with Crippen molar-refractivity contribution in [1.82, 2.24) is 4.90 Å². The molecule has 6 heteroatoms. The van der Waals surface area contributed by atoms with E-state index in [4.69, 9.17) is 16.3 Å². The number of aliphatic carboxylic acids is 1. The maximum absolute atomic E-state index is 12.2. The molecule has 5 nitrogen and oxygen atoms in total. The van der Waals surface area contributed by atoms with Crippen LogP contribution in [0.1, 0.15) is 12.0 Å². The summed E-state index contributed by atoms with van der Waals surface area (Å²) >= 11 is 5.79. The zero-order chi connectivity index (χ0) is 15.4. The van der Waals surface area contributed by atoms with Gasteiger partial charge in [0.1, 0.15) is 6.04 Å². The van der Waals surface area contributed by atoms with E-state index in [0.29, 0.717) is 11.4 Å². The Balaban J connectivity index is 2.07. The van der Waals surface area contributed by atoms with Gasteiger partial charge >= 0.3 is 5.97 Å². The average Bonchev–Trinajstić information content (AvgIpc) is 2.91. The predicted molar refractivity (Wildman–Crippen MR) is 79.0 cm³/mol. The molecule has 112 valence electrons. The lowest BCUT2D eigenvalue weighted by molar-refractivity contribution is -0.146. The molecule has 2 rings (SSSR count). The van der Waals surface area contributed by atoms with E-state index in [1.165, 1.54) is 18.1 Å². The van der Waals surface area contributed by atoms with Gasteiger partial charge in [-0.1, -0.05) is 23.7 Å². The van der Waals surface area contributed by atoms with Crippen LogP contribution in [-0.2, 0) is 14.3 Å². The molecular weight excluding hydrogens is 294 g/mol. The highest BCUT2D eigenvalue weighted by atomic mass is 35.5. The van der Waals surface area contributed by atoms with E-state index in [-0.39, 0.29) is 18.6 Å². The van der Waals surface area contributed by atoms with Crippen LogP contribution in [-0.4, -0.2) is 47.7 Å². The number of rotatable bonds is 4. The quantitative estimate of drug-likeness (QED) is 0.865. The van der Waals surface area contributed by atoms with E-state index in [2.05, 4.69) is 0 Å². The summed E-state index contributed by atoms with van der Waals surface area (Å²) in [7, 11) is 1.51. The molecule has 2 atom stereocenters. The molecule has 1 aliphatic heterocycles. The van der Waals surface area contributed by atoms with Gasteiger partial charge < -0.3 is 14.7 Å². The summed E-state index contributed by atoms with van der Waals surface area (Å²) in [5, 5.41) is 9.79. The molecule has 0 bridgehead atoms. The van der Waals surface area contributed by atoms with Gasteiger partial charge in [-0.15, -0.1) is 0 Å². The van der Waals surface area contributed by atoms with Crippen molar-refractivity contribution in [2.75, 3.05) is 13.7 Å². The number of amides is 1. The first kappa shape index (κ1) is 15.5. The van der Waals surface area contributed by atoms with E-state index in [1.807, 2.05) is 0 Å². The Labute approximate surface area is 127 Å². The SMILES string of the molecule is COC1CC(C(=O)O)N(C(=O)/C=C/c2ccc(Cl)cc2)C1. The number of carboxylic acid groups (broad SMARTS) is 1. The second kappa shape index (κ2) is 6.74. The smallest absolute Gasteiger partial charge is 0.326 e. The molecule has 1 aromatic rings. The van der Waals surface area contributed by atoms with Crippen molar-refractivity contribution in [3.8, 4) is 0 Å². The van der Waals surface area contributed by atoms with Gasteiger partial charge in [-0.05, 0) is 23.8 Å². The van der Waals surface area contributed by atoms with Crippen molar-refractivity contribution in [2.24, 2.45) is 0 Å². The minimum absolute atomic E-state index is 0.237. The van der Waals surface area contributed by atoms with E-state index < -0.39 is 12.0 Å². The molecule has 0 saturated carbocycles. The minimum atomic E-state index is -1.01.